The second-order valence-electron chi connectivity index (χ2n) is 6.30. The van der Waals surface area contributed by atoms with Crippen molar-refractivity contribution < 1.29 is 24.2 Å². The third kappa shape index (κ3) is 5.90. The van der Waals surface area contributed by atoms with Crippen molar-refractivity contribution in [3.05, 3.63) is 35.9 Å². The van der Waals surface area contributed by atoms with Crippen LogP contribution in [0, 0.1) is 0 Å². The zero-order chi connectivity index (χ0) is 17.6. The lowest BCUT2D eigenvalue weighted by Gasteiger charge is -2.33. The number of esters is 1. The van der Waals surface area contributed by atoms with E-state index in [-0.39, 0.29) is 6.54 Å². The molecule has 0 aliphatic heterocycles. The summed E-state index contributed by atoms with van der Waals surface area (Å²) in [6, 6.07) is 8.03. The van der Waals surface area contributed by atoms with E-state index in [1.54, 1.807) is 20.8 Å². The third-order valence-corrected chi connectivity index (χ3v) is 3.06. The number of aliphatic hydroxyl groups is 1. The Morgan fingerprint density at radius 1 is 1.22 bits per heavy atom. The lowest BCUT2D eigenvalue weighted by Crippen LogP contribution is -2.52. The van der Waals surface area contributed by atoms with Crippen LogP contribution in [0.5, 0.6) is 0 Å². The maximum absolute atomic E-state index is 12.5. The highest BCUT2D eigenvalue weighted by atomic mass is 16.6. The number of methoxy groups -OCH3 is 1. The Kier molecular flexibility index (Phi) is 6.57. The lowest BCUT2D eigenvalue weighted by atomic mass is 10.1. The second-order valence-corrected chi connectivity index (χ2v) is 6.30. The van der Waals surface area contributed by atoms with Gasteiger partial charge in [-0.3, -0.25) is 4.90 Å². The van der Waals surface area contributed by atoms with Gasteiger partial charge in [-0.25, -0.2) is 9.59 Å². The molecule has 1 aromatic rings. The molecule has 0 saturated heterocycles. The van der Waals surface area contributed by atoms with Crippen LogP contribution in [0.3, 0.4) is 0 Å². The van der Waals surface area contributed by atoms with Crippen LogP contribution in [0.25, 0.3) is 0 Å². The molecular weight excluding hydrogens is 298 g/mol. The molecule has 0 aromatic heterocycles. The Hall–Kier alpha value is -2.08. The molecule has 0 aliphatic rings. The van der Waals surface area contributed by atoms with Crippen LogP contribution in [-0.2, 0) is 20.8 Å². The van der Waals surface area contributed by atoms with Gasteiger partial charge in [0, 0.05) is 0 Å². The molecule has 0 fully saturated rings. The minimum atomic E-state index is -1.14. The fourth-order valence-corrected chi connectivity index (χ4v) is 2.08. The topological polar surface area (TPSA) is 76.1 Å². The molecule has 128 valence electrons. The van der Waals surface area contributed by atoms with Gasteiger partial charge in [0.15, 0.2) is 6.04 Å². The Morgan fingerprint density at radius 2 is 1.78 bits per heavy atom. The summed E-state index contributed by atoms with van der Waals surface area (Å²) in [5.74, 6) is -0.693. The number of carbonyl (C=O) groups excluding carboxylic acids is 2. The Balaban J connectivity index is 3.13. The van der Waals surface area contributed by atoms with Crippen LogP contribution >= 0.6 is 0 Å². The highest BCUT2D eigenvalue weighted by molar-refractivity contribution is 5.82. The van der Waals surface area contributed by atoms with Crippen molar-refractivity contribution in [3.63, 3.8) is 0 Å². The molecule has 1 rings (SSSR count). The van der Waals surface area contributed by atoms with Crippen molar-refractivity contribution in [1.29, 1.82) is 0 Å². The second kappa shape index (κ2) is 7.97. The number of ether oxygens (including phenoxy) is 2. The molecule has 0 aliphatic carbocycles. The maximum Gasteiger partial charge on any atom is 0.411 e. The molecule has 1 amide bonds. The molecule has 1 aromatic carbocycles. The molecule has 0 saturated carbocycles. The van der Waals surface area contributed by atoms with Gasteiger partial charge in [-0.1, -0.05) is 30.3 Å². The molecular formula is C17H25NO5. The largest absolute Gasteiger partial charge is 0.467 e. The van der Waals surface area contributed by atoms with Gasteiger partial charge in [0.1, 0.15) is 5.60 Å². The Bertz CT molecular complexity index is 522. The molecule has 0 bridgehead atoms. The summed E-state index contributed by atoms with van der Waals surface area (Å²) in [7, 11) is 1.22. The average Bonchev–Trinajstić information content (AvgIpc) is 2.45. The fourth-order valence-electron chi connectivity index (χ4n) is 2.08. The van der Waals surface area contributed by atoms with Crippen molar-refractivity contribution >= 4 is 12.1 Å². The number of amides is 1. The van der Waals surface area contributed by atoms with Gasteiger partial charge in [0.05, 0.1) is 19.8 Å². The van der Waals surface area contributed by atoms with E-state index in [0.29, 0.717) is 0 Å². The predicted octanol–water partition coefficient (Wildman–Crippen LogP) is 2.35. The van der Waals surface area contributed by atoms with Gasteiger partial charge >= 0.3 is 12.1 Å². The SMILES string of the molecule is COC(=O)[C@H]([C@@H](C)O)N(Cc1ccccc1)C(=O)OC(C)(C)C. The van der Waals surface area contributed by atoms with Gasteiger partial charge in [-0.15, -0.1) is 0 Å². The first-order chi connectivity index (χ1) is 10.7. The van der Waals surface area contributed by atoms with E-state index in [0.717, 1.165) is 5.56 Å². The van der Waals surface area contributed by atoms with E-state index >= 15 is 0 Å². The van der Waals surface area contributed by atoms with Crippen molar-refractivity contribution in [3.8, 4) is 0 Å². The maximum atomic E-state index is 12.5. The van der Waals surface area contributed by atoms with Crippen molar-refractivity contribution in [2.24, 2.45) is 0 Å². The molecule has 2 atom stereocenters. The van der Waals surface area contributed by atoms with E-state index in [1.165, 1.54) is 18.9 Å². The summed E-state index contributed by atoms with van der Waals surface area (Å²) in [5.41, 5.74) is 0.0960. The summed E-state index contributed by atoms with van der Waals surface area (Å²) in [4.78, 5) is 25.7. The van der Waals surface area contributed by atoms with Crippen LogP contribution < -0.4 is 0 Å². The van der Waals surface area contributed by atoms with E-state index in [4.69, 9.17) is 9.47 Å². The molecule has 6 nitrogen and oxygen atoms in total. The predicted molar refractivity (Wildman–Crippen MR) is 85.7 cm³/mol. The van der Waals surface area contributed by atoms with Gasteiger partial charge in [-0.2, -0.15) is 0 Å². The zero-order valence-electron chi connectivity index (χ0n) is 14.3. The lowest BCUT2D eigenvalue weighted by molar-refractivity contribution is -0.151. The van der Waals surface area contributed by atoms with Crippen molar-refractivity contribution in [2.45, 2.75) is 52.0 Å². The molecule has 23 heavy (non-hydrogen) atoms. The fraction of sp³-hybridized carbons (Fsp3) is 0.529. The van der Waals surface area contributed by atoms with Crippen LogP contribution in [0.15, 0.2) is 30.3 Å². The summed E-state index contributed by atoms with van der Waals surface area (Å²) in [6.07, 6.45) is -1.78. The van der Waals surface area contributed by atoms with E-state index in [2.05, 4.69) is 0 Å². The normalized spacial score (nSPS) is 13.8. The molecule has 1 N–H and O–H groups in total. The standard InChI is InChI=1S/C17H25NO5/c1-12(19)14(15(20)22-5)18(16(21)23-17(2,3)4)11-13-9-7-6-8-10-13/h6-10,12,14,19H,11H2,1-5H3/t12-,14+/m1/s1. The van der Waals surface area contributed by atoms with Crippen LogP contribution in [-0.4, -0.2) is 46.9 Å². The number of nitrogens with zero attached hydrogens (tertiary/aromatic N) is 1. The first-order valence-corrected chi connectivity index (χ1v) is 7.45. The minimum absolute atomic E-state index is 0.125. The summed E-state index contributed by atoms with van der Waals surface area (Å²) in [6.45, 7) is 6.77. The number of hydrogen-bond donors (Lipinski definition) is 1. The van der Waals surface area contributed by atoms with E-state index in [1.807, 2.05) is 30.3 Å². The molecule has 6 heteroatoms. The monoisotopic (exact) mass is 323 g/mol. The highest BCUT2D eigenvalue weighted by Crippen LogP contribution is 2.18. The molecule has 0 heterocycles. The van der Waals surface area contributed by atoms with Gasteiger partial charge in [0.25, 0.3) is 0 Å². The first-order valence-electron chi connectivity index (χ1n) is 7.45. The third-order valence-electron chi connectivity index (χ3n) is 3.06. The summed E-state index contributed by atoms with van der Waals surface area (Å²) < 4.78 is 10.1. The van der Waals surface area contributed by atoms with E-state index < -0.39 is 29.8 Å². The molecule has 0 unspecified atom stereocenters. The zero-order valence-corrected chi connectivity index (χ0v) is 14.3. The number of rotatable bonds is 5. The first kappa shape index (κ1) is 19.0. The number of benzene rings is 1. The van der Waals surface area contributed by atoms with Crippen LogP contribution in [0.2, 0.25) is 0 Å². The van der Waals surface area contributed by atoms with E-state index in [9.17, 15) is 14.7 Å². The van der Waals surface area contributed by atoms with Gasteiger partial charge in [-0.05, 0) is 33.3 Å². The number of carbonyl (C=O) groups is 2. The smallest absolute Gasteiger partial charge is 0.411 e. The number of aliphatic hydroxyl groups excluding tert-OH is 1. The molecule has 0 radical (unpaired) electrons. The highest BCUT2D eigenvalue weighted by Gasteiger charge is 2.37. The molecule has 0 spiro atoms. The van der Waals surface area contributed by atoms with Crippen molar-refractivity contribution in [1.82, 2.24) is 4.90 Å². The van der Waals surface area contributed by atoms with Gasteiger partial charge in [0.2, 0.25) is 0 Å². The average molecular weight is 323 g/mol. The van der Waals surface area contributed by atoms with Gasteiger partial charge < -0.3 is 14.6 Å². The van der Waals surface area contributed by atoms with Crippen molar-refractivity contribution in [2.75, 3.05) is 7.11 Å². The van der Waals surface area contributed by atoms with Crippen LogP contribution in [0.4, 0.5) is 4.79 Å². The summed E-state index contributed by atoms with van der Waals surface area (Å²) in [5, 5.41) is 9.96. The Morgan fingerprint density at radius 3 is 2.22 bits per heavy atom. The number of hydrogen-bond acceptors (Lipinski definition) is 5. The Labute approximate surface area is 137 Å². The van der Waals surface area contributed by atoms with Crippen LogP contribution in [0.1, 0.15) is 33.3 Å². The summed E-state index contributed by atoms with van der Waals surface area (Å²) >= 11 is 0. The quantitative estimate of drug-likeness (QED) is 0.842. The minimum Gasteiger partial charge on any atom is -0.467 e.